The van der Waals surface area contributed by atoms with Crippen LogP contribution in [-0.4, -0.2) is 43.0 Å². The molecule has 1 aliphatic carbocycles. The van der Waals surface area contributed by atoms with Gasteiger partial charge in [-0.25, -0.2) is 0 Å². The van der Waals surface area contributed by atoms with Crippen molar-refractivity contribution in [2.24, 2.45) is 5.73 Å². The zero-order valence-electron chi connectivity index (χ0n) is 18.2. The number of pyridine rings is 1. The van der Waals surface area contributed by atoms with Crippen LogP contribution in [0.25, 0.3) is 0 Å². The molecule has 0 aliphatic heterocycles. The summed E-state index contributed by atoms with van der Waals surface area (Å²) >= 11 is -0.999. The molecule has 0 spiro atoms. The van der Waals surface area contributed by atoms with Crippen LogP contribution < -0.4 is 37.6 Å². The number of hydrogen-bond acceptors (Lipinski definition) is 4. The Labute approximate surface area is 206 Å². The maximum atomic E-state index is 13.3. The number of hydrogen-bond donors (Lipinski definition) is 3. The van der Waals surface area contributed by atoms with Crippen LogP contribution in [0.15, 0.2) is 18.3 Å². The van der Waals surface area contributed by atoms with Gasteiger partial charge < -0.3 is 0 Å². The first kappa shape index (κ1) is 29.5. The Morgan fingerprint density at radius 2 is 1.77 bits per heavy atom. The Morgan fingerprint density at radius 1 is 1.14 bits per heavy atom. The van der Waals surface area contributed by atoms with E-state index in [0.29, 0.717) is 0 Å². The molecule has 200 valence electrons. The molecule has 1 aromatic heterocycles. The molecular weight excluding hydrogens is 607 g/mol. The minimum atomic E-state index is -4.75. The summed E-state index contributed by atoms with van der Waals surface area (Å²) in [4.78, 5) is 28.1. The van der Waals surface area contributed by atoms with E-state index >= 15 is 0 Å². The molecule has 0 radical (unpaired) electrons. The van der Waals surface area contributed by atoms with Gasteiger partial charge in [0.15, 0.2) is 0 Å². The van der Waals surface area contributed by atoms with Crippen LogP contribution in [0, 0.1) is 0 Å². The van der Waals surface area contributed by atoms with Crippen molar-refractivity contribution in [3.63, 3.8) is 0 Å². The van der Waals surface area contributed by atoms with Crippen molar-refractivity contribution in [1.82, 2.24) is 10.3 Å². The number of nitrogens with zero attached hydrogens (tertiary/aromatic N) is 1. The van der Waals surface area contributed by atoms with E-state index in [4.69, 9.17) is 5.73 Å². The predicted molar refractivity (Wildman–Crippen MR) is 105 cm³/mol. The molecule has 35 heavy (non-hydrogen) atoms. The van der Waals surface area contributed by atoms with Crippen LogP contribution in [0.1, 0.15) is 56.6 Å². The van der Waals surface area contributed by atoms with Gasteiger partial charge in [0.2, 0.25) is 0 Å². The molecule has 0 saturated heterocycles. The van der Waals surface area contributed by atoms with Gasteiger partial charge in [0, 0.05) is 0 Å². The molecule has 2 amide bonds. The second-order valence-electron chi connectivity index (χ2n) is 8.08. The van der Waals surface area contributed by atoms with Crippen molar-refractivity contribution >= 4 is 17.6 Å². The first-order chi connectivity index (χ1) is 16.0. The molecular formula is C20H24F8IN4O2-. The molecule has 2 rings (SSSR count). The van der Waals surface area contributed by atoms with E-state index in [9.17, 15) is 44.7 Å². The Kier molecular flexibility index (Phi) is 10.1. The Morgan fingerprint density at radius 3 is 2.34 bits per heavy atom. The Bertz CT molecular complexity index is 871. The monoisotopic (exact) mass is 631 g/mol. The van der Waals surface area contributed by atoms with Crippen LogP contribution in [0.5, 0.6) is 0 Å². The molecule has 1 saturated carbocycles. The van der Waals surface area contributed by atoms with Crippen molar-refractivity contribution < 1.29 is 65.9 Å². The molecule has 0 bridgehead atoms. The summed E-state index contributed by atoms with van der Waals surface area (Å²) in [6.07, 6.45) is -12.5. The van der Waals surface area contributed by atoms with Gasteiger partial charge in [-0.05, 0) is 0 Å². The first-order valence-corrected chi connectivity index (χ1v) is 13.0. The number of halogens is 9. The summed E-state index contributed by atoms with van der Waals surface area (Å²) in [6, 6.07) is 0.481. The Balaban J connectivity index is 2.04. The van der Waals surface area contributed by atoms with Crippen molar-refractivity contribution in [1.29, 1.82) is 0 Å². The standard InChI is InChI=1S/C20H24F8IN4O2/c21-18(22)5-1-12(2-6-18)29-16(30)17(35)33-14-9-11(4-8-31-14)13(10-20(26,27)28)32-15(34)3-7-19(23,24)25/h4,8-9,12-13,16H,1-3,5-7,10,30H2,(H,32,34)(H,31,33,35)/q-1. The van der Waals surface area contributed by atoms with E-state index in [0.717, 1.165) is 18.3 Å². The fraction of sp³-hybridized carbons (Fsp3) is 0.650. The number of rotatable bonds is 9. The summed E-state index contributed by atoms with van der Waals surface area (Å²) in [5.41, 5.74) is 5.77. The van der Waals surface area contributed by atoms with Gasteiger partial charge in [-0.1, -0.05) is 0 Å². The third-order valence-corrected chi connectivity index (χ3v) is 8.66. The molecule has 6 nitrogen and oxygen atoms in total. The maximum absolute atomic E-state index is 13.3. The summed E-state index contributed by atoms with van der Waals surface area (Å²) in [7, 11) is 0. The van der Waals surface area contributed by atoms with Crippen LogP contribution in [0.4, 0.5) is 40.9 Å². The summed E-state index contributed by atoms with van der Waals surface area (Å²) in [5, 5.41) is 4.31. The zero-order chi connectivity index (χ0) is 26.4. The average molecular weight is 631 g/mol. The van der Waals surface area contributed by atoms with Gasteiger partial charge in [0.05, 0.1) is 0 Å². The number of nitrogens with one attached hydrogen (secondary N) is 2. The van der Waals surface area contributed by atoms with Crippen molar-refractivity contribution in [3.8, 4) is 0 Å². The molecule has 4 N–H and O–H groups in total. The van der Waals surface area contributed by atoms with Crippen molar-refractivity contribution in [3.05, 3.63) is 23.9 Å². The molecule has 1 aliphatic rings. The normalized spacial score (nSPS) is 18.7. The summed E-state index contributed by atoms with van der Waals surface area (Å²) in [6.45, 7) is 0. The number of amides is 2. The third kappa shape index (κ3) is 11.2. The summed E-state index contributed by atoms with van der Waals surface area (Å²) < 4.78 is 102. The van der Waals surface area contributed by atoms with Gasteiger partial charge >= 0.3 is 193 Å². The van der Waals surface area contributed by atoms with Crippen LogP contribution >= 0.6 is 0 Å². The van der Waals surface area contributed by atoms with Gasteiger partial charge in [-0.3, -0.25) is 0 Å². The van der Waals surface area contributed by atoms with E-state index in [1.165, 1.54) is 0 Å². The number of carbonyl (C=O) groups excluding carboxylic acids is 2. The summed E-state index contributed by atoms with van der Waals surface area (Å²) in [5.74, 6) is -4.78. The van der Waals surface area contributed by atoms with E-state index in [2.05, 4.69) is 10.3 Å². The van der Waals surface area contributed by atoms with E-state index in [-0.39, 0.29) is 41.0 Å². The number of anilines is 1. The van der Waals surface area contributed by atoms with Gasteiger partial charge in [0.1, 0.15) is 0 Å². The third-order valence-electron chi connectivity index (χ3n) is 5.06. The van der Waals surface area contributed by atoms with Crippen LogP contribution in [0.2, 0.25) is 0 Å². The Hall–Kier alpha value is -1.78. The van der Waals surface area contributed by atoms with Crippen LogP contribution in [0.3, 0.4) is 0 Å². The zero-order valence-corrected chi connectivity index (χ0v) is 20.3. The first-order valence-electron chi connectivity index (χ1n) is 10.5. The molecule has 1 heterocycles. The number of aromatic nitrogens is 1. The number of carbonyl (C=O) groups is 2. The fourth-order valence-corrected chi connectivity index (χ4v) is 6.23. The number of nitrogens with two attached hydrogens (primary N) is 1. The molecule has 15 heteroatoms. The van der Waals surface area contributed by atoms with Crippen LogP contribution in [-0.2, 0) is 9.59 Å². The van der Waals surface area contributed by atoms with E-state index in [1.54, 1.807) is 0 Å². The fourth-order valence-electron chi connectivity index (χ4n) is 3.31. The van der Waals surface area contributed by atoms with E-state index in [1.807, 2.05) is 5.32 Å². The SMILES string of the molecule is NC([I-]C1CCC(F)(F)CC1)C(=O)Nc1cc(C(CC(F)(F)F)NC(=O)CCC(F)(F)F)ccn1. The van der Waals surface area contributed by atoms with Gasteiger partial charge in [-0.15, -0.1) is 0 Å². The van der Waals surface area contributed by atoms with Crippen molar-refractivity contribution in [2.45, 2.75) is 77.2 Å². The van der Waals surface area contributed by atoms with E-state index < -0.39 is 80.6 Å². The molecule has 1 fully saturated rings. The van der Waals surface area contributed by atoms with Crippen molar-refractivity contribution in [2.75, 3.05) is 5.32 Å². The second kappa shape index (κ2) is 12.0. The average Bonchev–Trinajstić information content (AvgIpc) is 2.72. The number of alkyl halides is 10. The molecule has 1 aromatic rings. The molecule has 2 atom stereocenters. The van der Waals surface area contributed by atoms with Gasteiger partial charge in [0.25, 0.3) is 0 Å². The quantitative estimate of drug-likeness (QED) is 0.166. The second-order valence-corrected chi connectivity index (χ2v) is 11.9. The topological polar surface area (TPSA) is 97.1 Å². The molecule has 2 unspecified atom stereocenters. The minimum absolute atomic E-state index is 0.0726. The van der Waals surface area contributed by atoms with Gasteiger partial charge in [-0.2, -0.15) is 13.2 Å². The predicted octanol–water partition coefficient (Wildman–Crippen LogP) is 1.42. The molecule has 0 aromatic carbocycles.